The minimum absolute atomic E-state index is 0.00324. The molecule has 0 saturated carbocycles. The fourth-order valence-electron chi connectivity index (χ4n) is 6.57. The smallest absolute Gasteiger partial charge is 0.312 e. The van der Waals surface area contributed by atoms with Crippen molar-refractivity contribution in [2.24, 2.45) is 11.8 Å². The molecule has 4 aliphatic rings. The van der Waals surface area contributed by atoms with Gasteiger partial charge >= 0.3 is 11.9 Å². The molecule has 0 aromatic rings. The molecule has 0 aromatic carbocycles. The second kappa shape index (κ2) is 25.2. The first-order valence-electron chi connectivity index (χ1n) is 22.3. The Morgan fingerprint density at radius 3 is 1.16 bits per heavy atom. The highest BCUT2D eigenvalue weighted by atomic mass is 28.4. The summed E-state index contributed by atoms with van der Waals surface area (Å²) in [5.41, 5.74) is 0. The second-order valence-corrected chi connectivity index (χ2v) is 28.8. The van der Waals surface area contributed by atoms with E-state index in [0.717, 1.165) is 0 Å². The SMILES string of the molecule is CC(C)(C)[Si](C)(C)OCCOCC(COCCO[Si](C)(C)C(C)(C)C)OCCOCCOC(COCCOC(=O)C1CC2C=CC1O2)COCCOC(=O)C1CC2C=CC1O2. The van der Waals surface area contributed by atoms with Crippen LogP contribution in [0.15, 0.2) is 24.3 Å². The number of ether oxygens (including phenoxy) is 11. The fraction of sp³-hybridized carbons (Fsp3) is 0.864. The summed E-state index contributed by atoms with van der Waals surface area (Å²) in [6.45, 7) is 27.4. The Morgan fingerprint density at radius 2 is 0.852 bits per heavy atom. The predicted octanol–water partition coefficient (Wildman–Crippen LogP) is 5.66. The average Bonchev–Trinajstić information content (AvgIpc) is 4.02. The maximum absolute atomic E-state index is 12.5. The maximum atomic E-state index is 12.5. The number of carbonyl (C=O) groups is 2. The molecule has 61 heavy (non-hydrogen) atoms. The lowest BCUT2D eigenvalue weighted by atomic mass is 9.95. The quantitative estimate of drug-likeness (QED) is 0.0353. The summed E-state index contributed by atoms with van der Waals surface area (Å²) in [4.78, 5) is 25.0. The third-order valence-corrected chi connectivity index (χ3v) is 21.5. The van der Waals surface area contributed by atoms with Crippen LogP contribution in [0.2, 0.25) is 36.3 Å². The summed E-state index contributed by atoms with van der Waals surface area (Å²) in [5, 5.41) is 0.267. The van der Waals surface area contributed by atoms with Crippen molar-refractivity contribution in [2.75, 3.05) is 106 Å². The van der Waals surface area contributed by atoms with Gasteiger partial charge in [0.2, 0.25) is 0 Å². The van der Waals surface area contributed by atoms with Crippen molar-refractivity contribution < 1.29 is 70.5 Å². The first kappa shape index (κ1) is 52.0. The standard InChI is InChI=1S/C44H78O15Si2/c1-43(2,3)60(7,8)56-25-19-50-31-36(32-51-20-26-57-61(9,10)44(4,5)6)53-22-16-47-15-21-52-35(29-48-17-23-54-41(45)37-27-33-11-13-39(37)58-33)30-49-18-24-55-42(46)38-28-34-12-14-40(38)59-34/h11-14,33-40H,15-32H2,1-10H3. The van der Waals surface area contributed by atoms with Crippen molar-refractivity contribution in [3.8, 4) is 0 Å². The first-order valence-corrected chi connectivity index (χ1v) is 28.1. The Labute approximate surface area is 367 Å². The van der Waals surface area contributed by atoms with Crippen LogP contribution in [0.4, 0.5) is 0 Å². The Hall–Kier alpha value is -1.59. The highest BCUT2D eigenvalue weighted by Crippen LogP contribution is 2.38. The van der Waals surface area contributed by atoms with Crippen molar-refractivity contribution >= 4 is 28.6 Å². The van der Waals surface area contributed by atoms with Crippen LogP contribution < -0.4 is 0 Å². The molecule has 2 saturated heterocycles. The summed E-state index contributed by atoms with van der Waals surface area (Å²) in [6, 6.07) is 0. The number of hydrogen-bond acceptors (Lipinski definition) is 15. The molecule has 0 N–H and O–H groups in total. The zero-order valence-electron chi connectivity index (χ0n) is 38.8. The fourth-order valence-corrected chi connectivity index (χ4v) is 8.62. The average molecular weight is 903 g/mol. The van der Waals surface area contributed by atoms with Crippen LogP contribution in [-0.2, 0) is 70.5 Å². The number of fused-ring (bicyclic) bond motifs is 4. The van der Waals surface area contributed by atoms with Crippen molar-refractivity contribution in [1.29, 1.82) is 0 Å². The highest BCUT2D eigenvalue weighted by Gasteiger charge is 2.43. The number of carbonyl (C=O) groups excluding carboxylic acids is 2. The van der Waals surface area contributed by atoms with Gasteiger partial charge in [-0.3, -0.25) is 9.59 Å². The van der Waals surface area contributed by atoms with E-state index in [4.69, 9.17) is 61.0 Å². The van der Waals surface area contributed by atoms with Gasteiger partial charge in [0.1, 0.15) is 25.4 Å². The van der Waals surface area contributed by atoms with E-state index in [1.807, 2.05) is 24.3 Å². The lowest BCUT2D eigenvalue weighted by Crippen LogP contribution is -2.42. The van der Waals surface area contributed by atoms with Crippen LogP contribution in [-0.4, -0.2) is 171 Å². The van der Waals surface area contributed by atoms with Crippen LogP contribution >= 0.6 is 0 Å². The van der Waals surface area contributed by atoms with Gasteiger partial charge in [0.05, 0.1) is 129 Å². The molecular weight excluding hydrogens is 825 g/mol. The summed E-state index contributed by atoms with van der Waals surface area (Å²) in [7, 11) is -3.71. The van der Waals surface area contributed by atoms with Gasteiger partial charge in [-0.05, 0) is 49.1 Å². The zero-order valence-corrected chi connectivity index (χ0v) is 40.8. The summed E-state index contributed by atoms with van der Waals surface area (Å²) < 4.78 is 76.5. The molecule has 6 atom stereocenters. The van der Waals surface area contributed by atoms with Crippen molar-refractivity contribution in [2.45, 2.75) is 127 Å². The van der Waals surface area contributed by atoms with Crippen LogP contribution in [0.25, 0.3) is 0 Å². The van der Waals surface area contributed by atoms with Gasteiger partial charge in [-0.25, -0.2) is 0 Å². The maximum Gasteiger partial charge on any atom is 0.312 e. The molecule has 2 fully saturated rings. The predicted molar refractivity (Wildman–Crippen MR) is 234 cm³/mol. The van der Waals surface area contributed by atoms with Crippen molar-refractivity contribution in [1.82, 2.24) is 0 Å². The minimum Gasteiger partial charge on any atom is -0.463 e. The monoisotopic (exact) mass is 902 g/mol. The Kier molecular flexibility index (Phi) is 21.5. The molecule has 0 spiro atoms. The van der Waals surface area contributed by atoms with Gasteiger partial charge in [-0.1, -0.05) is 65.8 Å². The Bertz CT molecular complexity index is 1270. The van der Waals surface area contributed by atoms with E-state index in [9.17, 15) is 9.59 Å². The van der Waals surface area contributed by atoms with Gasteiger partial charge in [-0.2, -0.15) is 0 Å². The lowest BCUT2D eigenvalue weighted by molar-refractivity contribution is -0.152. The van der Waals surface area contributed by atoms with E-state index in [2.05, 4.69) is 67.7 Å². The van der Waals surface area contributed by atoms with Crippen LogP contribution in [0, 0.1) is 11.8 Å². The topological polar surface area (TPSA) is 154 Å². The molecule has 6 unspecified atom stereocenters. The van der Waals surface area contributed by atoms with Gasteiger partial charge in [0.15, 0.2) is 16.6 Å². The number of esters is 2. The van der Waals surface area contributed by atoms with Crippen LogP contribution in [0.3, 0.4) is 0 Å². The molecule has 4 rings (SSSR count). The first-order chi connectivity index (χ1) is 28.9. The molecule has 15 nitrogen and oxygen atoms in total. The van der Waals surface area contributed by atoms with E-state index in [-0.39, 0.29) is 111 Å². The number of hydrogen-bond donors (Lipinski definition) is 0. The molecule has 4 heterocycles. The van der Waals surface area contributed by atoms with Crippen molar-refractivity contribution in [3.63, 3.8) is 0 Å². The van der Waals surface area contributed by atoms with E-state index in [1.165, 1.54) is 0 Å². The lowest BCUT2D eigenvalue weighted by Gasteiger charge is -2.36. The molecule has 0 amide bonds. The largest absolute Gasteiger partial charge is 0.463 e. The molecule has 0 aliphatic carbocycles. The molecule has 4 aliphatic heterocycles. The van der Waals surface area contributed by atoms with E-state index in [1.54, 1.807) is 0 Å². The van der Waals surface area contributed by atoms with Gasteiger partial charge < -0.3 is 61.0 Å². The van der Waals surface area contributed by atoms with E-state index in [0.29, 0.717) is 72.3 Å². The Morgan fingerprint density at radius 1 is 0.508 bits per heavy atom. The van der Waals surface area contributed by atoms with E-state index < -0.39 is 22.7 Å². The van der Waals surface area contributed by atoms with Gasteiger partial charge in [0.25, 0.3) is 0 Å². The Balaban J connectivity index is 1.13. The summed E-state index contributed by atoms with van der Waals surface area (Å²) >= 11 is 0. The summed E-state index contributed by atoms with van der Waals surface area (Å²) in [6.07, 6.45) is 8.01. The minimum atomic E-state index is -1.86. The normalized spacial score (nSPS) is 24.0. The second-order valence-electron chi connectivity index (χ2n) is 19.2. The van der Waals surface area contributed by atoms with Gasteiger partial charge in [-0.15, -0.1) is 0 Å². The molecule has 17 heteroatoms. The van der Waals surface area contributed by atoms with Crippen LogP contribution in [0.1, 0.15) is 54.4 Å². The highest BCUT2D eigenvalue weighted by molar-refractivity contribution is 6.74. The molecule has 4 bridgehead atoms. The molecule has 0 aromatic heterocycles. The third-order valence-electron chi connectivity index (χ3n) is 12.4. The molecule has 0 radical (unpaired) electrons. The number of rotatable bonds is 32. The zero-order chi connectivity index (χ0) is 44.5. The van der Waals surface area contributed by atoms with E-state index >= 15 is 0 Å². The molecule has 352 valence electrons. The third kappa shape index (κ3) is 17.7. The molecular formula is C44H78O15Si2. The van der Waals surface area contributed by atoms with Crippen LogP contribution in [0.5, 0.6) is 0 Å². The summed E-state index contributed by atoms with van der Waals surface area (Å²) in [5.74, 6) is -1.08. The van der Waals surface area contributed by atoms with Crippen molar-refractivity contribution in [3.05, 3.63) is 24.3 Å². The van der Waals surface area contributed by atoms with Gasteiger partial charge in [0, 0.05) is 0 Å².